The Labute approximate surface area is 121 Å². The Kier molecular flexibility index (Phi) is 5.39. The van der Waals surface area contributed by atoms with Gasteiger partial charge in [-0.3, -0.25) is 4.79 Å². The van der Waals surface area contributed by atoms with Crippen LogP contribution in [0.15, 0.2) is 18.3 Å². The molecule has 4 nitrogen and oxygen atoms in total. The van der Waals surface area contributed by atoms with Gasteiger partial charge in [-0.2, -0.15) is 0 Å². The third-order valence-corrected chi connectivity index (χ3v) is 4.11. The first kappa shape index (κ1) is 14.8. The molecule has 0 aliphatic heterocycles. The molecule has 110 valence electrons. The van der Waals surface area contributed by atoms with Crippen molar-refractivity contribution in [3.8, 4) is 0 Å². The van der Waals surface area contributed by atoms with Crippen molar-refractivity contribution in [3.63, 3.8) is 0 Å². The van der Waals surface area contributed by atoms with Crippen molar-refractivity contribution in [1.29, 1.82) is 0 Å². The first-order valence-corrected chi connectivity index (χ1v) is 7.72. The van der Waals surface area contributed by atoms with Gasteiger partial charge in [0.1, 0.15) is 5.82 Å². The van der Waals surface area contributed by atoms with E-state index in [1.165, 1.54) is 32.1 Å². The lowest BCUT2D eigenvalue weighted by atomic mass is 9.84. The fourth-order valence-corrected chi connectivity index (χ4v) is 2.93. The number of nitrogens with one attached hydrogen (secondary N) is 2. The van der Waals surface area contributed by atoms with Crippen molar-refractivity contribution < 1.29 is 4.79 Å². The maximum atomic E-state index is 12.4. The number of carbonyl (C=O) groups is 1. The van der Waals surface area contributed by atoms with Crippen molar-refractivity contribution >= 4 is 11.7 Å². The molecule has 1 fully saturated rings. The first-order valence-electron chi connectivity index (χ1n) is 7.72. The van der Waals surface area contributed by atoms with Crippen LogP contribution in [0, 0.1) is 5.92 Å². The normalized spacial score (nSPS) is 17.5. The summed E-state index contributed by atoms with van der Waals surface area (Å²) in [4.78, 5) is 16.6. The highest BCUT2D eigenvalue weighted by Crippen LogP contribution is 2.26. The number of aromatic nitrogens is 1. The zero-order chi connectivity index (χ0) is 14.4. The molecule has 4 heteroatoms. The van der Waals surface area contributed by atoms with E-state index in [2.05, 4.69) is 22.5 Å². The van der Waals surface area contributed by atoms with Crippen molar-refractivity contribution in [3.05, 3.63) is 23.9 Å². The van der Waals surface area contributed by atoms with Gasteiger partial charge in [0.15, 0.2) is 0 Å². The average Bonchev–Trinajstić information content (AvgIpc) is 2.49. The quantitative estimate of drug-likeness (QED) is 0.867. The van der Waals surface area contributed by atoms with E-state index in [0.717, 1.165) is 6.54 Å². The molecule has 0 spiro atoms. The van der Waals surface area contributed by atoms with Crippen LogP contribution >= 0.6 is 0 Å². The minimum Gasteiger partial charge on any atom is -0.370 e. The second kappa shape index (κ2) is 7.27. The molecule has 1 aromatic heterocycles. The van der Waals surface area contributed by atoms with Crippen LogP contribution in [0.3, 0.4) is 0 Å². The molecule has 1 aromatic rings. The van der Waals surface area contributed by atoms with E-state index >= 15 is 0 Å². The second-order valence-corrected chi connectivity index (χ2v) is 5.59. The van der Waals surface area contributed by atoms with E-state index in [-0.39, 0.29) is 11.9 Å². The summed E-state index contributed by atoms with van der Waals surface area (Å²) in [5.41, 5.74) is 0.636. The highest BCUT2D eigenvalue weighted by molar-refractivity contribution is 5.98. The van der Waals surface area contributed by atoms with Crippen molar-refractivity contribution in [2.75, 3.05) is 11.9 Å². The summed E-state index contributed by atoms with van der Waals surface area (Å²) in [5, 5.41) is 6.28. The van der Waals surface area contributed by atoms with Gasteiger partial charge in [0, 0.05) is 18.8 Å². The van der Waals surface area contributed by atoms with Crippen LogP contribution in [-0.4, -0.2) is 23.5 Å². The molecule has 1 unspecified atom stereocenters. The van der Waals surface area contributed by atoms with Gasteiger partial charge < -0.3 is 10.6 Å². The topological polar surface area (TPSA) is 54.0 Å². The number of carbonyl (C=O) groups excluding carboxylic acids is 1. The summed E-state index contributed by atoms with van der Waals surface area (Å²) in [7, 11) is 0. The van der Waals surface area contributed by atoms with Crippen molar-refractivity contribution in [2.24, 2.45) is 5.92 Å². The molecule has 1 heterocycles. The van der Waals surface area contributed by atoms with E-state index in [1.807, 2.05) is 13.0 Å². The van der Waals surface area contributed by atoms with Crippen LogP contribution in [-0.2, 0) is 0 Å². The van der Waals surface area contributed by atoms with E-state index in [9.17, 15) is 4.79 Å². The lowest BCUT2D eigenvalue weighted by molar-refractivity contribution is 0.0920. The summed E-state index contributed by atoms with van der Waals surface area (Å²) >= 11 is 0. The summed E-state index contributed by atoms with van der Waals surface area (Å²) < 4.78 is 0. The fraction of sp³-hybridized carbons (Fsp3) is 0.625. The third-order valence-electron chi connectivity index (χ3n) is 4.11. The fourth-order valence-electron chi connectivity index (χ4n) is 2.93. The van der Waals surface area contributed by atoms with E-state index < -0.39 is 0 Å². The number of amides is 1. The third kappa shape index (κ3) is 3.71. The predicted molar refractivity (Wildman–Crippen MR) is 81.9 cm³/mol. The zero-order valence-corrected chi connectivity index (χ0v) is 12.5. The smallest absolute Gasteiger partial charge is 0.255 e. The Balaban J connectivity index is 2.00. The Morgan fingerprint density at radius 2 is 2.15 bits per heavy atom. The Hall–Kier alpha value is -1.58. The molecular weight excluding hydrogens is 250 g/mol. The number of pyridine rings is 1. The van der Waals surface area contributed by atoms with Crippen LogP contribution in [0.2, 0.25) is 0 Å². The van der Waals surface area contributed by atoms with E-state index in [4.69, 9.17) is 0 Å². The molecule has 1 aliphatic rings. The SMILES string of the molecule is CCNc1ncccc1C(=O)NC(C)C1CCCCC1. The summed E-state index contributed by atoms with van der Waals surface area (Å²) in [6, 6.07) is 3.87. The molecule has 1 amide bonds. The summed E-state index contributed by atoms with van der Waals surface area (Å²) in [5.74, 6) is 1.27. The van der Waals surface area contributed by atoms with E-state index in [1.54, 1.807) is 12.3 Å². The van der Waals surface area contributed by atoms with Gasteiger partial charge in [-0.25, -0.2) is 4.98 Å². The molecule has 2 N–H and O–H groups in total. The predicted octanol–water partition coefficient (Wildman–Crippen LogP) is 3.21. The molecular formula is C16H25N3O. The summed E-state index contributed by atoms with van der Waals surface area (Å²) in [6.45, 7) is 4.88. The number of rotatable bonds is 5. The maximum Gasteiger partial charge on any atom is 0.255 e. The molecule has 0 saturated heterocycles. The van der Waals surface area contributed by atoms with Gasteiger partial charge in [-0.15, -0.1) is 0 Å². The Morgan fingerprint density at radius 3 is 2.85 bits per heavy atom. The first-order chi connectivity index (χ1) is 9.72. The molecule has 0 bridgehead atoms. The Bertz CT molecular complexity index is 441. The second-order valence-electron chi connectivity index (χ2n) is 5.59. The molecule has 0 aromatic carbocycles. The van der Waals surface area contributed by atoms with Crippen LogP contribution in [0.25, 0.3) is 0 Å². The van der Waals surface area contributed by atoms with Crippen molar-refractivity contribution in [2.45, 2.75) is 52.0 Å². The lowest BCUT2D eigenvalue weighted by Crippen LogP contribution is -2.39. The largest absolute Gasteiger partial charge is 0.370 e. The standard InChI is InChI=1S/C16H25N3O/c1-3-17-15-14(10-7-11-18-15)16(20)19-12(2)13-8-5-4-6-9-13/h7,10-13H,3-6,8-9H2,1-2H3,(H,17,18)(H,19,20). The summed E-state index contributed by atoms with van der Waals surface area (Å²) in [6.07, 6.45) is 8.09. The van der Waals surface area contributed by atoms with E-state index in [0.29, 0.717) is 17.3 Å². The van der Waals surface area contributed by atoms with Crippen molar-refractivity contribution in [1.82, 2.24) is 10.3 Å². The minimum atomic E-state index is -0.0212. The van der Waals surface area contributed by atoms with Gasteiger partial charge in [-0.1, -0.05) is 19.3 Å². The maximum absolute atomic E-state index is 12.4. The van der Waals surface area contributed by atoms with Gasteiger partial charge in [0.25, 0.3) is 5.91 Å². The van der Waals surface area contributed by atoms with Gasteiger partial charge in [0.2, 0.25) is 0 Å². The van der Waals surface area contributed by atoms with Crippen LogP contribution in [0.5, 0.6) is 0 Å². The Morgan fingerprint density at radius 1 is 1.40 bits per heavy atom. The average molecular weight is 275 g/mol. The highest BCUT2D eigenvalue weighted by atomic mass is 16.1. The van der Waals surface area contributed by atoms with Crippen LogP contribution in [0.1, 0.15) is 56.3 Å². The monoisotopic (exact) mass is 275 g/mol. The van der Waals surface area contributed by atoms with Gasteiger partial charge >= 0.3 is 0 Å². The number of anilines is 1. The number of hydrogen-bond donors (Lipinski definition) is 2. The van der Waals surface area contributed by atoms with Crippen LogP contribution < -0.4 is 10.6 Å². The molecule has 1 saturated carbocycles. The van der Waals surface area contributed by atoms with Gasteiger partial charge in [0.05, 0.1) is 5.56 Å². The molecule has 1 aliphatic carbocycles. The lowest BCUT2D eigenvalue weighted by Gasteiger charge is -2.28. The zero-order valence-electron chi connectivity index (χ0n) is 12.5. The van der Waals surface area contributed by atoms with Gasteiger partial charge in [-0.05, 0) is 44.7 Å². The molecule has 2 rings (SSSR count). The highest BCUT2D eigenvalue weighted by Gasteiger charge is 2.22. The minimum absolute atomic E-state index is 0.0212. The number of nitrogens with zero attached hydrogens (tertiary/aromatic N) is 1. The number of hydrogen-bond acceptors (Lipinski definition) is 3. The molecule has 0 radical (unpaired) electrons. The molecule has 1 atom stereocenters. The van der Waals surface area contributed by atoms with Crippen LogP contribution in [0.4, 0.5) is 5.82 Å². The molecule has 20 heavy (non-hydrogen) atoms.